The van der Waals surface area contributed by atoms with E-state index in [1.807, 2.05) is 0 Å². The van der Waals surface area contributed by atoms with Crippen LogP contribution in [0.2, 0.25) is 10.0 Å². The molecule has 7 heteroatoms. The summed E-state index contributed by atoms with van der Waals surface area (Å²) in [4.78, 5) is 12.5. The van der Waals surface area contributed by atoms with Crippen molar-refractivity contribution in [2.75, 3.05) is 0 Å². The Morgan fingerprint density at radius 2 is 1.86 bits per heavy atom. The summed E-state index contributed by atoms with van der Waals surface area (Å²) >= 11 is 12.4. The van der Waals surface area contributed by atoms with Crippen LogP contribution in [0.1, 0.15) is 23.1 Å². The highest BCUT2D eigenvalue weighted by Crippen LogP contribution is 2.25. The Balaban J connectivity index is 1.88. The number of rotatable bonds is 6. The molecule has 1 N–H and O–H groups in total. The maximum atomic E-state index is 13.6. The van der Waals surface area contributed by atoms with Crippen LogP contribution in [0.25, 0.3) is 11.3 Å². The van der Waals surface area contributed by atoms with E-state index in [-0.39, 0.29) is 16.9 Å². The lowest BCUT2D eigenvalue weighted by atomic mass is 10.1. The SMILES string of the molecule is Cc1cc(-c2cc(CO)c(=O)n(CCCc3c(Cl)cccc3Cl)n2)ccc1F. The largest absolute Gasteiger partial charge is 0.391 e. The lowest BCUT2D eigenvalue weighted by molar-refractivity contribution is 0.278. The molecule has 4 nitrogen and oxygen atoms in total. The van der Waals surface area contributed by atoms with Crippen molar-refractivity contribution in [1.29, 1.82) is 0 Å². The van der Waals surface area contributed by atoms with Crippen molar-refractivity contribution >= 4 is 23.2 Å². The van der Waals surface area contributed by atoms with Crippen LogP contribution < -0.4 is 5.56 Å². The van der Waals surface area contributed by atoms with Crippen molar-refractivity contribution in [3.63, 3.8) is 0 Å². The molecule has 146 valence electrons. The minimum absolute atomic E-state index is 0.239. The topological polar surface area (TPSA) is 55.1 Å². The van der Waals surface area contributed by atoms with Gasteiger partial charge in [-0.05, 0) is 67.3 Å². The number of benzene rings is 2. The summed E-state index contributed by atoms with van der Waals surface area (Å²) in [6, 6.07) is 11.5. The fourth-order valence-electron chi connectivity index (χ4n) is 2.98. The molecule has 0 aliphatic carbocycles. The number of aryl methyl sites for hydroxylation is 2. The van der Waals surface area contributed by atoms with Crippen LogP contribution in [0, 0.1) is 12.7 Å². The van der Waals surface area contributed by atoms with E-state index in [1.165, 1.54) is 16.8 Å². The molecule has 0 unspecified atom stereocenters. The van der Waals surface area contributed by atoms with Gasteiger partial charge in [0.25, 0.3) is 5.56 Å². The van der Waals surface area contributed by atoms with Gasteiger partial charge in [-0.2, -0.15) is 5.10 Å². The van der Waals surface area contributed by atoms with Gasteiger partial charge in [0, 0.05) is 27.7 Å². The van der Waals surface area contributed by atoms with Crippen LogP contribution in [0.5, 0.6) is 0 Å². The molecule has 1 aromatic heterocycles. The molecule has 0 aliphatic heterocycles. The Morgan fingerprint density at radius 3 is 2.50 bits per heavy atom. The van der Waals surface area contributed by atoms with Crippen molar-refractivity contribution in [1.82, 2.24) is 9.78 Å². The third kappa shape index (κ3) is 4.43. The second-order valence-electron chi connectivity index (χ2n) is 6.51. The Labute approximate surface area is 172 Å². The normalized spacial score (nSPS) is 11.0. The van der Waals surface area contributed by atoms with E-state index in [1.54, 1.807) is 37.3 Å². The molecule has 0 atom stereocenters. The molecule has 0 bridgehead atoms. The van der Waals surface area contributed by atoms with Crippen molar-refractivity contribution in [3.8, 4) is 11.3 Å². The number of halogens is 3. The van der Waals surface area contributed by atoms with E-state index in [9.17, 15) is 14.3 Å². The first-order chi connectivity index (χ1) is 13.4. The number of aliphatic hydroxyl groups excluding tert-OH is 1. The van der Waals surface area contributed by atoms with Gasteiger partial charge in [0.2, 0.25) is 0 Å². The minimum atomic E-state index is -0.398. The summed E-state index contributed by atoms with van der Waals surface area (Å²) in [5.41, 5.74) is 2.37. The highest BCUT2D eigenvalue weighted by atomic mass is 35.5. The smallest absolute Gasteiger partial charge is 0.272 e. The zero-order valence-electron chi connectivity index (χ0n) is 15.3. The molecule has 0 fully saturated rings. The first-order valence-corrected chi connectivity index (χ1v) is 9.57. The van der Waals surface area contributed by atoms with Crippen LogP contribution >= 0.6 is 23.2 Å². The van der Waals surface area contributed by atoms with Crippen LogP contribution in [-0.2, 0) is 19.6 Å². The average molecular weight is 421 g/mol. The van der Waals surface area contributed by atoms with E-state index >= 15 is 0 Å². The van der Waals surface area contributed by atoms with Gasteiger partial charge in [0.1, 0.15) is 5.82 Å². The lowest BCUT2D eigenvalue weighted by Crippen LogP contribution is -2.27. The molecular formula is C21H19Cl2FN2O2. The van der Waals surface area contributed by atoms with Gasteiger partial charge in [-0.15, -0.1) is 0 Å². The van der Waals surface area contributed by atoms with E-state index in [0.717, 1.165) is 5.56 Å². The van der Waals surface area contributed by atoms with Crippen LogP contribution in [0.3, 0.4) is 0 Å². The summed E-state index contributed by atoms with van der Waals surface area (Å²) in [6.07, 6.45) is 1.17. The first kappa shape index (κ1) is 20.5. The molecule has 3 rings (SSSR count). The second kappa shape index (κ2) is 8.86. The predicted molar refractivity (Wildman–Crippen MR) is 109 cm³/mol. The fraction of sp³-hybridized carbons (Fsp3) is 0.238. The number of aliphatic hydroxyl groups is 1. The second-order valence-corrected chi connectivity index (χ2v) is 7.32. The molecule has 0 saturated carbocycles. The molecule has 28 heavy (non-hydrogen) atoms. The third-order valence-corrected chi connectivity index (χ3v) is 5.24. The molecule has 0 saturated heterocycles. The third-order valence-electron chi connectivity index (χ3n) is 4.53. The number of aromatic nitrogens is 2. The predicted octanol–water partition coefficient (Wildman–Crippen LogP) is 4.79. The van der Waals surface area contributed by atoms with Crippen molar-refractivity contribution in [2.24, 2.45) is 0 Å². The summed E-state index contributed by atoms with van der Waals surface area (Å²) in [6.45, 7) is 1.60. The fourth-order valence-corrected chi connectivity index (χ4v) is 3.57. The summed E-state index contributed by atoms with van der Waals surface area (Å²) in [7, 11) is 0. The molecule has 0 radical (unpaired) electrons. The molecule has 0 amide bonds. The summed E-state index contributed by atoms with van der Waals surface area (Å²) < 4.78 is 14.9. The summed E-state index contributed by atoms with van der Waals surface area (Å²) in [5, 5.41) is 15.1. The van der Waals surface area contributed by atoms with Gasteiger partial charge in [-0.3, -0.25) is 4.79 Å². The minimum Gasteiger partial charge on any atom is -0.391 e. The van der Waals surface area contributed by atoms with Crippen molar-refractivity contribution < 1.29 is 9.50 Å². The Kier molecular flexibility index (Phi) is 6.50. The van der Waals surface area contributed by atoms with E-state index in [0.29, 0.717) is 46.3 Å². The monoisotopic (exact) mass is 420 g/mol. The van der Waals surface area contributed by atoms with Gasteiger partial charge >= 0.3 is 0 Å². The van der Waals surface area contributed by atoms with Gasteiger partial charge in [-0.25, -0.2) is 9.07 Å². The van der Waals surface area contributed by atoms with Crippen molar-refractivity contribution in [2.45, 2.75) is 32.9 Å². The van der Waals surface area contributed by atoms with Gasteiger partial charge in [0.05, 0.1) is 12.3 Å². The maximum Gasteiger partial charge on any atom is 0.272 e. The quantitative estimate of drug-likeness (QED) is 0.623. The maximum absolute atomic E-state index is 13.6. The van der Waals surface area contributed by atoms with Gasteiger partial charge < -0.3 is 5.11 Å². The van der Waals surface area contributed by atoms with Gasteiger partial charge in [0.15, 0.2) is 0 Å². The number of nitrogens with zero attached hydrogens (tertiary/aromatic N) is 2. The summed E-state index contributed by atoms with van der Waals surface area (Å²) in [5.74, 6) is -0.309. The van der Waals surface area contributed by atoms with Crippen LogP contribution in [0.4, 0.5) is 4.39 Å². The van der Waals surface area contributed by atoms with E-state index < -0.39 is 6.61 Å². The highest BCUT2D eigenvalue weighted by Gasteiger charge is 2.12. The van der Waals surface area contributed by atoms with E-state index in [4.69, 9.17) is 23.2 Å². The average Bonchev–Trinajstić information content (AvgIpc) is 2.67. The Hall–Kier alpha value is -2.21. The standard InChI is InChI=1S/C21H19Cl2FN2O2/c1-13-10-14(7-8-19(13)24)20-11-15(12-27)21(28)26(25-20)9-3-4-16-17(22)5-2-6-18(16)23/h2,5-8,10-11,27H,3-4,9,12H2,1H3. The van der Waals surface area contributed by atoms with E-state index in [2.05, 4.69) is 5.10 Å². The Morgan fingerprint density at radius 1 is 1.14 bits per heavy atom. The number of hydrogen-bond donors (Lipinski definition) is 1. The highest BCUT2D eigenvalue weighted by molar-refractivity contribution is 6.35. The molecule has 1 heterocycles. The number of hydrogen-bond acceptors (Lipinski definition) is 3. The molecule has 0 spiro atoms. The van der Waals surface area contributed by atoms with Crippen LogP contribution in [0.15, 0.2) is 47.3 Å². The van der Waals surface area contributed by atoms with Crippen LogP contribution in [-0.4, -0.2) is 14.9 Å². The lowest BCUT2D eigenvalue weighted by Gasteiger charge is -2.11. The molecule has 0 aliphatic rings. The Bertz CT molecular complexity index is 1050. The van der Waals surface area contributed by atoms with Gasteiger partial charge in [-0.1, -0.05) is 29.3 Å². The zero-order chi connectivity index (χ0) is 20.3. The molecular weight excluding hydrogens is 402 g/mol. The zero-order valence-corrected chi connectivity index (χ0v) is 16.8. The first-order valence-electron chi connectivity index (χ1n) is 8.82. The van der Waals surface area contributed by atoms with Crippen molar-refractivity contribution in [3.05, 3.63) is 85.4 Å². The molecule has 2 aromatic carbocycles. The molecule has 3 aromatic rings.